The van der Waals surface area contributed by atoms with E-state index in [1.165, 1.54) is 11.3 Å². The van der Waals surface area contributed by atoms with Gasteiger partial charge in [0, 0.05) is 12.6 Å². The molecule has 1 atom stereocenters. The Labute approximate surface area is 116 Å². The number of nitrogens with one attached hydrogen (secondary N) is 2. The normalized spacial score (nSPS) is 20.1. The van der Waals surface area contributed by atoms with Crippen molar-refractivity contribution in [3.8, 4) is 0 Å². The Kier molecular flexibility index (Phi) is 3.53. The number of thiazole rings is 1. The topological polar surface area (TPSA) is 71.1 Å². The Bertz CT molecular complexity index is 642. The van der Waals surface area contributed by atoms with Gasteiger partial charge in [-0.3, -0.25) is 0 Å². The number of hydrogen-bond acceptors (Lipinski definition) is 5. The van der Waals surface area contributed by atoms with Crippen LogP contribution in [0.5, 0.6) is 0 Å². The van der Waals surface area contributed by atoms with E-state index < -0.39 is 10.0 Å². The highest BCUT2D eigenvalue weighted by molar-refractivity contribution is 7.91. The van der Waals surface area contributed by atoms with Crippen molar-refractivity contribution in [2.75, 3.05) is 13.1 Å². The number of para-hydroxylation sites is 1. The van der Waals surface area contributed by atoms with Crippen LogP contribution in [0.2, 0.25) is 0 Å². The van der Waals surface area contributed by atoms with Gasteiger partial charge in [0.05, 0.1) is 10.2 Å². The van der Waals surface area contributed by atoms with E-state index in [2.05, 4.69) is 15.0 Å². The van der Waals surface area contributed by atoms with Gasteiger partial charge in [0.2, 0.25) is 4.34 Å². The van der Waals surface area contributed by atoms with Crippen molar-refractivity contribution < 1.29 is 8.42 Å². The molecule has 0 aliphatic carbocycles. The quantitative estimate of drug-likeness (QED) is 0.893. The van der Waals surface area contributed by atoms with E-state index in [-0.39, 0.29) is 10.4 Å². The summed E-state index contributed by atoms with van der Waals surface area (Å²) in [5.41, 5.74) is 0.729. The number of aromatic nitrogens is 1. The molecular weight excluding hydrogens is 282 g/mol. The summed E-state index contributed by atoms with van der Waals surface area (Å²) in [6, 6.07) is 7.68. The molecule has 2 aromatic rings. The van der Waals surface area contributed by atoms with Crippen LogP contribution in [-0.2, 0) is 10.0 Å². The van der Waals surface area contributed by atoms with Crippen LogP contribution in [0.4, 0.5) is 0 Å². The highest BCUT2D eigenvalue weighted by Gasteiger charge is 2.22. The maximum Gasteiger partial charge on any atom is 0.267 e. The summed E-state index contributed by atoms with van der Waals surface area (Å²) in [7, 11) is -3.49. The molecule has 0 amide bonds. The van der Waals surface area contributed by atoms with Gasteiger partial charge in [-0.1, -0.05) is 12.1 Å². The van der Waals surface area contributed by atoms with Crippen LogP contribution in [0.3, 0.4) is 0 Å². The molecule has 0 unspecified atom stereocenters. The molecule has 1 saturated heterocycles. The first-order valence-corrected chi connectivity index (χ1v) is 8.54. The maximum atomic E-state index is 12.2. The number of nitrogens with zero attached hydrogens (tertiary/aromatic N) is 1. The molecule has 1 aliphatic rings. The Morgan fingerprint density at radius 1 is 1.42 bits per heavy atom. The molecule has 19 heavy (non-hydrogen) atoms. The Balaban J connectivity index is 1.78. The first-order valence-electron chi connectivity index (χ1n) is 6.24. The summed E-state index contributed by atoms with van der Waals surface area (Å²) >= 11 is 1.20. The van der Waals surface area contributed by atoms with Gasteiger partial charge in [-0.05, 0) is 31.5 Å². The molecular formula is C12H15N3O2S2. The van der Waals surface area contributed by atoms with Gasteiger partial charge in [0.1, 0.15) is 0 Å². The van der Waals surface area contributed by atoms with E-state index in [0.717, 1.165) is 29.6 Å². The molecule has 0 saturated carbocycles. The number of sulfonamides is 1. The van der Waals surface area contributed by atoms with Crippen LogP contribution in [0.15, 0.2) is 28.6 Å². The Hall–Kier alpha value is -1.02. The number of fused-ring (bicyclic) bond motifs is 1. The largest absolute Gasteiger partial charge is 0.313 e. The smallest absolute Gasteiger partial charge is 0.267 e. The lowest BCUT2D eigenvalue weighted by molar-refractivity contribution is 0.551. The van der Waals surface area contributed by atoms with Crippen molar-refractivity contribution in [3.05, 3.63) is 24.3 Å². The van der Waals surface area contributed by atoms with Gasteiger partial charge < -0.3 is 5.32 Å². The summed E-state index contributed by atoms with van der Waals surface area (Å²) in [4.78, 5) is 4.18. The van der Waals surface area contributed by atoms with E-state index in [1.54, 1.807) is 0 Å². The van der Waals surface area contributed by atoms with E-state index in [4.69, 9.17) is 0 Å². The molecule has 3 rings (SSSR count). The molecule has 1 aliphatic heterocycles. The highest BCUT2D eigenvalue weighted by atomic mass is 32.2. The molecule has 0 bridgehead atoms. The summed E-state index contributed by atoms with van der Waals surface area (Å²) in [5, 5.41) is 3.26. The lowest BCUT2D eigenvalue weighted by atomic mass is 10.2. The van der Waals surface area contributed by atoms with Crippen LogP contribution in [0.1, 0.15) is 12.8 Å². The summed E-state index contributed by atoms with van der Waals surface area (Å²) in [6.07, 6.45) is 2.12. The summed E-state index contributed by atoms with van der Waals surface area (Å²) in [6.45, 7) is 1.39. The second-order valence-corrected chi connectivity index (χ2v) is 7.56. The molecule has 1 aromatic heterocycles. The van der Waals surface area contributed by atoms with E-state index in [9.17, 15) is 8.42 Å². The van der Waals surface area contributed by atoms with Crippen molar-refractivity contribution >= 4 is 31.6 Å². The zero-order valence-corrected chi connectivity index (χ0v) is 11.9. The third kappa shape index (κ3) is 2.79. The van der Waals surface area contributed by atoms with Crippen LogP contribution in [0, 0.1) is 0 Å². The summed E-state index contributed by atoms with van der Waals surface area (Å²) in [5.74, 6) is 0. The zero-order valence-electron chi connectivity index (χ0n) is 10.3. The van der Waals surface area contributed by atoms with E-state index in [0.29, 0.717) is 6.54 Å². The number of hydrogen-bond donors (Lipinski definition) is 2. The lowest BCUT2D eigenvalue weighted by Gasteiger charge is -2.10. The maximum absolute atomic E-state index is 12.2. The van der Waals surface area contributed by atoms with Crippen LogP contribution >= 0.6 is 11.3 Å². The Morgan fingerprint density at radius 2 is 2.26 bits per heavy atom. The van der Waals surface area contributed by atoms with Gasteiger partial charge in [0.25, 0.3) is 10.0 Å². The molecule has 7 heteroatoms. The molecule has 1 aromatic carbocycles. The first kappa shape index (κ1) is 13.0. The second-order valence-electron chi connectivity index (χ2n) is 4.59. The number of benzene rings is 1. The van der Waals surface area contributed by atoms with Crippen molar-refractivity contribution in [2.45, 2.75) is 23.2 Å². The van der Waals surface area contributed by atoms with Gasteiger partial charge in [-0.2, -0.15) is 0 Å². The fraction of sp³-hybridized carbons (Fsp3) is 0.417. The van der Waals surface area contributed by atoms with E-state index in [1.807, 2.05) is 24.3 Å². The fourth-order valence-corrected chi connectivity index (χ4v) is 4.51. The Morgan fingerprint density at radius 3 is 3.00 bits per heavy atom. The fourth-order valence-electron chi connectivity index (χ4n) is 2.17. The predicted octanol–water partition coefficient (Wildman–Crippen LogP) is 1.33. The van der Waals surface area contributed by atoms with Crippen molar-refractivity contribution in [1.82, 2.24) is 15.0 Å². The standard InChI is InChI=1S/C12H15N3O2S2/c16-19(17,14-8-9-4-3-7-13-9)12-15-10-5-1-2-6-11(10)18-12/h1-2,5-6,9,13-14H,3-4,7-8H2/t9-/m0/s1. The predicted molar refractivity (Wildman–Crippen MR) is 75.8 cm³/mol. The zero-order chi connectivity index (χ0) is 13.3. The van der Waals surface area contributed by atoms with Gasteiger partial charge >= 0.3 is 0 Å². The first-order chi connectivity index (χ1) is 9.15. The van der Waals surface area contributed by atoms with Crippen LogP contribution in [-0.4, -0.2) is 32.5 Å². The SMILES string of the molecule is O=S(=O)(NC[C@@H]1CCCN1)c1nc2ccccc2s1. The van der Waals surface area contributed by atoms with Gasteiger partial charge in [0.15, 0.2) is 0 Å². The lowest BCUT2D eigenvalue weighted by Crippen LogP contribution is -2.37. The second kappa shape index (κ2) is 5.16. The van der Waals surface area contributed by atoms with Crippen LogP contribution < -0.4 is 10.0 Å². The minimum atomic E-state index is -3.49. The van der Waals surface area contributed by atoms with E-state index >= 15 is 0 Å². The third-order valence-electron chi connectivity index (χ3n) is 3.19. The molecule has 5 nitrogen and oxygen atoms in total. The number of rotatable bonds is 4. The van der Waals surface area contributed by atoms with Crippen LogP contribution in [0.25, 0.3) is 10.2 Å². The average Bonchev–Trinajstić information content (AvgIpc) is 3.05. The average molecular weight is 297 g/mol. The minimum Gasteiger partial charge on any atom is -0.313 e. The molecule has 2 heterocycles. The molecule has 0 spiro atoms. The van der Waals surface area contributed by atoms with Crippen molar-refractivity contribution in [3.63, 3.8) is 0 Å². The molecule has 0 radical (unpaired) electrons. The van der Waals surface area contributed by atoms with Crippen molar-refractivity contribution in [1.29, 1.82) is 0 Å². The highest BCUT2D eigenvalue weighted by Crippen LogP contribution is 2.24. The van der Waals surface area contributed by atoms with Crippen molar-refractivity contribution in [2.24, 2.45) is 0 Å². The molecule has 2 N–H and O–H groups in total. The molecule has 1 fully saturated rings. The summed E-state index contributed by atoms with van der Waals surface area (Å²) < 4.78 is 28.0. The third-order valence-corrected chi connectivity index (χ3v) is 6.02. The van der Waals surface area contributed by atoms with Gasteiger partial charge in [-0.15, -0.1) is 11.3 Å². The van der Waals surface area contributed by atoms with Gasteiger partial charge in [-0.25, -0.2) is 18.1 Å². The monoisotopic (exact) mass is 297 g/mol. The molecule has 102 valence electrons. The minimum absolute atomic E-state index is 0.145.